The summed E-state index contributed by atoms with van der Waals surface area (Å²) >= 11 is 6.03. The van der Waals surface area contributed by atoms with Crippen LogP contribution in [0.4, 0.5) is 0 Å². The van der Waals surface area contributed by atoms with E-state index in [4.69, 9.17) is 22.6 Å². The highest BCUT2D eigenvalue weighted by atomic mass is 35.5. The van der Waals surface area contributed by atoms with Crippen LogP contribution in [0, 0.1) is 17.2 Å². The van der Waals surface area contributed by atoms with E-state index in [0.29, 0.717) is 16.5 Å². The third-order valence-electron chi connectivity index (χ3n) is 2.61. The van der Waals surface area contributed by atoms with Crippen molar-refractivity contribution in [2.24, 2.45) is 11.7 Å². The summed E-state index contributed by atoms with van der Waals surface area (Å²) in [5, 5.41) is 9.42. The standard InChI is InChI=1S/C11H11ClN2/c12-10-4-1-7(6-13)5-9(10)11(14)8-2-3-8/h1,4-5,8,11H,2-3,14H2/t11-/m1/s1. The van der Waals surface area contributed by atoms with Gasteiger partial charge in [-0.1, -0.05) is 11.6 Å². The number of hydrogen-bond acceptors (Lipinski definition) is 2. The number of rotatable bonds is 2. The van der Waals surface area contributed by atoms with Crippen LogP contribution in [-0.4, -0.2) is 0 Å². The zero-order chi connectivity index (χ0) is 10.1. The highest BCUT2D eigenvalue weighted by molar-refractivity contribution is 6.31. The van der Waals surface area contributed by atoms with Gasteiger partial charge in [-0.25, -0.2) is 0 Å². The smallest absolute Gasteiger partial charge is 0.0991 e. The molecule has 0 unspecified atom stereocenters. The summed E-state index contributed by atoms with van der Waals surface area (Å²) in [6, 6.07) is 7.35. The lowest BCUT2D eigenvalue weighted by molar-refractivity contribution is 0.633. The fraction of sp³-hybridized carbons (Fsp3) is 0.364. The summed E-state index contributed by atoms with van der Waals surface area (Å²) in [6.45, 7) is 0. The molecule has 0 aliphatic heterocycles. The number of nitrogens with zero attached hydrogens (tertiary/aromatic N) is 1. The van der Waals surface area contributed by atoms with Gasteiger partial charge in [-0.05, 0) is 42.5 Å². The van der Waals surface area contributed by atoms with E-state index in [-0.39, 0.29) is 6.04 Å². The Morgan fingerprint density at radius 2 is 2.21 bits per heavy atom. The summed E-state index contributed by atoms with van der Waals surface area (Å²) in [5.74, 6) is 0.557. The predicted octanol–water partition coefficient (Wildman–Crippen LogP) is 2.62. The number of hydrogen-bond donors (Lipinski definition) is 1. The summed E-state index contributed by atoms with van der Waals surface area (Å²) in [6.07, 6.45) is 2.35. The lowest BCUT2D eigenvalue weighted by atomic mass is 10.0. The Balaban J connectivity index is 2.35. The molecule has 3 heteroatoms. The Labute approximate surface area is 88.3 Å². The zero-order valence-electron chi connectivity index (χ0n) is 7.70. The Morgan fingerprint density at radius 1 is 1.50 bits per heavy atom. The molecule has 0 saturated heterocycles. The van der Waals surface area contributed by atoms with Crippen molar-refractivity contribution in [2.45, 2.75) is 18.9 Å². The molecule has 0 heterocycles. The molecule has 0 spiro atoms. The van der Waals surface area contributed by atoms with Gasteiger partial charge in [0.2, 0.25) is 0 Å². The maximum absolute atomic E-state index is 8.76. The second kappa shape index (κ2) is 3.61. The van der Waals surface area contributed by atoms with E-state index < -0.39 is 0 Å². The molecule has 1 aliphatic carbocycles. The van der Waals surface area contributed by atoms with Crippen molar-refractivity contribution in [3.63, 3.8) is 0 Å². The molecule has 1 aromatic rings. The largest absolute Gasteiger partial charge is 0.324 e. The number of benzene rings is 1. The van der Waals surface area contributed by atoms with E-state index in [0.717, 1.165) is 5.56 Å². The van der Waals surface area contributed by atoms with Gasteiger partial charge < -0.3 is 5.73 Å². The summed E-state index contributed by atoms with van der Waals surface area (Å²) in [4.78, 5) is 0. The zero-order valence-corrected chi connectivity index (χ0v) is 8.46. The fourth-order valence-corrected chi connectivity index (χ4v) is 1.82. The second-order valence-electron chi connectivity index (χ2n) is 3.71. The van der Waals surface area contributed by atoms with Crippen LogP contribution in [0.3, 0.4) is 0 Å². The summed E-state index contributed by atoms with van der Waals surface area (Å²) < 4.78 is 0. The van der Waals surface area contributed by atoms with E-state index >= 15 is 0 Å². The van der Waals surface area contributed by atoms with Crippen molar-refractivity contribution in [3.8, 4) is 6.07 Å². The summed E-state index contributed by atoms with van der Waals surface area (Å²) in [7, 11) is 0. The first-order valence-electron chi connectivity index (χ1n) is 4.67. The van der Waals surface area contributed by atoms with Crippen molar-refractivity contribution < 1.29 is 0 Å². The van der Waals surface area contributed by atoms with Gasteiger partial charge in [0.1, 0.15) is 0 Å². The van der Waals surface area contributed by atoms with Crippen LogP contribution in [0.15, 0.2) is 18.2 Å². The van der Waals surface area contributed by atoms with Crippen LogP contribution in [0.5, 0.6) is 0 Å². The molecule has 2 N–H and O–H groups in total. The van der Waals surface area contributed by atoms with Gasteiger partial charge in [-0.2, -0.15) is 5.26 Å². The quantitative estimate of drug-likeness (QED) is 0.809. The van der Waals surface area contributed by atoms with E-state index in [1.165, 1.54) is 12.8 Å². The molecule has 72 valence electrons. The molecular weight excluding hydrogens is 196 g/mol. The van der Waals surface area contributed by atoms with Crippen molar-refractivity contribution >= 4 is 11.6 Å². The van der Waals surface area contributed by atoms with E-state index in [2.05, 4.69) is 6.07 Å². The first kappa shape index (κ1) is 9.51. The van der Waals surface area contributed by atoms with Gasteiger partial charge in [0.25, 0.3) is 0 Å². The van der Waals surface area contributed by atoms with Gasteiger partial charge in [0, 0.05) is 11.1 Å². The normalized spacial score (nSPS) is 17.5. The molecule has 14 heavy (non-hydrogen) atoms. The molecule has 0 bridgehead atoms. The highest BCUT2D eigenvalue weighted by Gasteiger charge is 2.30. The van der Waals surface area contributed by atoms with Crippen LogP contribution >= 0.6 is 11.6 Å². The van der Waals surface area contributed by atoms with Crippen molar-refractivity contribution in [3.05, 3.63) is 34.3 Å². The first-order valence-corrected chi connectivity index (χ1v) is 5.05. The minimum Gasteiger partial charge on any atom is -0.324 e. The summed E-state index contributed by atoms with van der Waals surface area (Å²) in [5.41, 5.74) is 7.57. The molecule has 2 rings (SSSR count). The molecule has 1 aromatic carbocycles. The van der Waals surface area contributed by atoms with E-state index in [9.17, 15) is 0 Å². The van der Waals surface area contributed by atoms with Crippen LogP contribution in [-0.2, 0) is 0 Å². The second-order valence-corrected chi connectivity index (χ2v) is 4.12. The van der Waals surface area contributed by atoms with Crippen LogP contribution in [0.25, 0.3) is 0 Å². The fourth-order valence-electron chi connectivity index (χ4n) is 1.58. The first-order chi connectivity index (χ1) is 6.72. The number of nitrogens with two attached hydrogens (primary N) is 1. The average Bonchev–Trinajstić information content (AvgIpc) is 3.01. The monoisotopic (exact) mass is 206 g/mol. The third-order valence-corrected chi connectivity index (χ3v) is 2.96. The molecule has 1 fully saturated rings. The SMILES string of the molecule is N#Cc1ccc(Cl)c([C@H](N)C2CC2)c1. The van der Waals surface area contributed by atoms with Gasteiger partial charge >= 0.3 is 0 Å². The highest BCUT2D eigenvalue weighted by Crippen LogP contribution is 2.41. The molecular formula is C11H11ClN2. The molecule has 1 aliphatic rings. The van der Waals surface area contributed by atoms with Crippen molar-refractivity contribution in [1.29, 1.82) is 5.26 Å². The Bertz CT molecular complexity index is 391. The molecule has 1 saturated carbocycles. The lowest BCUT2D eigenvalue weighted by Crippen LogP contribution is -2.13. The van der Waals surface area contributed by atoms with Crippen LogP contribution in [0.1, 0.15) is 30.0 Å². The number of halogens is 1. The van der Waals surface area contributed by atoms with E-state index in [1.807, 2.05) is 0 Å². The molecule has 1 atom stereocenters. The van der Waals surface area contributed by atoms with Gasteiger partial charge in [0.15, 0.2) is 0 Å². The average molecular weight is 207 g/mol. The van der Waals surface area contributed by atoms with Gasteiger partial charge in [0.05, 0.1) is 11.6 Å². The molecule has 0 amide bonds. The minimum atomic E-state index is -0.00389. The Morgan fingerprint density at radius 3 is 2.79 bits per heavy atom. The van der Waals surface area contributed by atoms with E-state index in [1.54, 1.807) is 18.2 Å². The minimum absolute atomic E-state index is 0.00389. The van der Waals surface area contributed by atoms with Crippen LogP contribution < -0.4 is 5.73 Å². The predicted molar refractivity (Wildman–Crippen MR) is 55.8 cm³/mol. The molecule has 2 nitrogen and oxygen atoms in total. The maximum atomic E-state index is 8.76. The Hall–Kier alpha value is -1.04. The van der Waals surface area contributed by atoms with Crippen molar-refractivity contribution in [2.75, 3.05) is 0 Å². The van der Waals surface area contributed by atoms with Crippen molar-refractivity contribution in [1.82, 2.24) is 0 Å². The molecule has 0 aromatic heterocycles. The Kier molecular flexibility index (Phi) is 2.45. The molecule has 0 radical (unpaired) electrons. The topological polar surface area (TPSA) is 49.8 Å². The third kappa shape index (κ3) is 1.75. The maximum Gasteiger partial charge on any atom is 0.0991 e. The van der Waals surface area contributed by atoms with Gasteiger partial charge in [-0.15, -0.1) is 0 Å². The lowest BCUT2D eigenvalue weighted by Gasteiger charge is -2.12. The van der Waals surface area contributed by atoms with Crippen LogP contribution in [0.2, 0.25) is 5.02 Å². The van der Waals surface area contributed by atoms with Gasteiger partial charge in [-0.3, -0.25) is 0 Å². The number of nitriles is 1.